The number of benzene rings is 1. The topological polar surface area (TPSA) is 78.9 Å². The highest BCUT2D eigenvalue weighted by atomic mass is 79.9. The third kappa shape index (κ3) is 4.71. The van der Waals surface area contributed by atoms with Crippen molar-refractivity contribution < 1.29 is 19.4 Å². The summed E-state index contributed by atoms with van der Waals surface area (Å²) in [6, 6.07) is 6.97. The average molecular weight is 357 g/mol. The van der Waals surface area contributed by atoms with Crippen molar-refractivity contribution in [1.29, 1.82) is 0 Å². The number of carbonyl (C=O) groups excluding carboxylic acids is 1. The van der Waals surface area contributed by atoms with Crippen LogP contribution in [0.2, 0.25) is 0 Å². The van der Waals surface area contributed by atoms with Crippen LogP contribution in [0, 0.1) is 0 Å². The first-order valence-electron chi connectivity index (χ1n) is 6.64. The Morgan fingerprint density at radius 3 is 2.76 bits per heavy atom. The number of hydrogen-bond acceptors (Lipinski definition) is 3. The van der Waals surface area contributed by atoms with Crippen LogP contribution >= 0.6 is 15.9 Å². The summed E-state index contributed by atoms with van der Waals surface area (Å²) < 4.78 is 6.23. The average Bonchev–Trinajstić information content (AvgIpc) is 2.46. The highest BCUT2D eigenvalue weighted by Gasteiger charge is 2.28. The van der Waals surface area contributed by atoms with Crippen LogP contribution in [0.4, 0.5) is 4.79 Å². The van der Waals surface area contributed by atoms with Crippen LogP contribution in [-0.4, -0.2) is 47.8 Å². The molecule has 1 aliphatic heterocycles. The van der Waals surface area contributed by atoms with Gasteiger partial charge in [-0.25, -0.2) is 4.79 Å². The Hall–Kier alpha value is -1.60. The summed E-state index contributed by atoms with van der Waals surface area (Å²) in [5.74, 6) is -0.934. The monoisotopic (exact) mass is 356 g/mol. The number of morpholine rings is 1. The van der Waals surface area contributed by atoms with E-state index in [9.17, 15) is 9.59 Å². The van der Waals surface area contributed by atoms with Gasteiger partial charge in [-0.3, -0.25) is 4.79 Å². The van der Waals surface area contributed by atoms with Crippen molar-refractivity contribution in [3.63, 3.8) is 0 Å². The van der Waals surface area contributed by atoms with Gasteiger partial charge in [0.05, 0.1) is 25.7 Å². The minimum absolute atomic E-state index is 0.105. The van der Waals surface area contributed by atoms with Crippen molar-refractivity contribution in [1.82, 2.24) is 10.2 Å². The SMILES string of the molecule is O=C(O)CC1COCCN1C(=O)NCc1ccc(Br)cc1. The Labute approximate surface area is 131 Å². The van der Waals surface area contributed by atoms with Crippen LogP contribution in [-0.2, 0) is 16.1 Å². The van der Waals surface area contributed by atoms with E-state index >= 15 is 0 Å². The van der Waals surface area contributed by atoms with E-state index in [-0.39, 0.29) is 19.1 Å². The molecule has 0 aliphatic carbocycles. The number of hydrogen-bond donors (Lipinski definition) is 2. The lowest BCUT2D eigenvalue weighted by atomic mass is 10.1. The molecule has 0 saturated carbocycles. The van der Waals surface area contributed by atoms with Gasteiger partial charge >= 0.3 is 12.0 Å². The van der Waals surface area contributed by atoms with Crippen molar-refractivity contribution in [3.8, 4) is 0 Å². The van der Waals surface area contributed by atoms with Gasteiger partial charge in [-0.2, -0.15) is 0 Å². The maximum Gasteiger partial charge on any atom is 0.318 e. The van der Waals surface area contributed by atoms with Crippen LogP contribution in [0.3, 0.4) is 0 Å². The van der Waals surface area contributed by atoms with E-state index < -0.39 is 12.0 Å². The second kappa shape index (κ2) is 7.42. The summed E-state index contributed by atoms with van der Waals surface area (Å²) in [6.07, 6.45) is -0.105. The first kappa shape index (κ1) is 15.8. The second-order valence-electron chi connectivity index (χ2n) is 4.81. The number of nitrogens with zero attached hydrogens (tertiary/aromatic N) is 1. The lowest BCUT2D eigenvalue weighted by Gasteiger charge is -2.34. The Bertz CT molecular complexity index is 506. The first-order valence-corrected chi connectivity index (χ1v) is 7.44. The molecule has 114 valence electrons. The third-order valence-corrected chi connectivity index (χ3v) is 3.78. The van der Waals surface area contributed by atoms with Gasteiger partial charge in [0.2, 0.25) is 0 Å². The van der Waals surface area contributed by atoms with Crippen LogP contribution in [0.1, 0.15) is 12.0 Å². The lowest BCUT2D eigenvalue weighted by Crippen LogP contribution is -2.53. The molecule has 2 amide bonds. The van der Waals surface area contributed by atoms with E-state index in [1.54, 1.807) is 0 Å². The van der Waals surface area contributed by atoms with Gasteiger partial charge in [0, 0.05) is 17.6 Å². The molecule has 6 nitrogen and oxygen atoms in total. The molecule has 2 N–H and O–H groups in total. The molecule has 1 aromatic carbocycles. The minimum atomic E-state index is -0.934. The summed E-state index contributed by atoms with van der Waals surface area (Å²) in [5, 5.41) is 11.7. The number of rotatable bonds is 4. The van der Waals surface area contributed by atoms with E-state index in [1.165, 1.54) is 4.90 Å². The number of ether oxygens (including phenoxy) is 1. The fraction of sp³-hybridized carbons (Fsp3) is 0.429. The maximum absolute atomic E-state index is 12.2. The Morgan fingerprint density at radius 1 is 1.38 bits per heavy atom. The first-order chi connectivity index (χ1) is 10.1. The quantitative estimate of drug-likeness (QED) is 0.862. The Kier molecular flexibility index (Phi) is 5.58. The number of aliphatic carboxylic acids is 1. The number of carboxylic acid groups (broad SMARTS) is 1. The molecule has 1 atom stereocenters. The lowest BCUT2D eigenvalue weighted by molar-refractivity contribution is -0.139. The van der Waals surface area contributed by atoms with E-state index in [0.29, 0.717) is 19.7 Å². The van der Waals surface area contributed by atoms with Crippen molar-refractivity contribution in [2.45, 2.75) is 19.0 Å². The molecule has 1 unspecified atom stereocenters. The molecule has 1 aliphatic rings. The summed E-state index contributed by atoms with van der Waals surface area (Å²) >= 11 is 3.35. The number of carboxylic acids is 1. The summed E-state index contributed by atoms with van der Waals surface area (Å²) in [6.45, 7) is 1.51. The van der Waals surface area contributed by atoms with Crippen molar-refractivity contribution in [2.75, 3.05) is 19.8 Å². The molecule has 7 heteroatoms. The highest BCUT2D eigenvalue weighted by molar-refractivity contribution is 9.10. The van der Waals surface area contributed by atoms with E-state index in [4.69, 9.17) is 9.84 Å². The van der Waals surface area contributed by atoms with Crippen molar-refractivity contribution >= 4 is 27.9 Å². The van der Waals surface area contributed by atoms with Crippen LogP contribution in [0.15, 0.2) is 28.7 Å². The normalized spacial score (nSPS) is 18.3. The highest BCUT2D eigenvalue weighted by Crippen LogP contribution is 2.12. The zero-order valence-electron chi connectivity index (χ0n) is 11.4. The number of carbonyl (C=O) groups is 2. The Balaban J connectivity index is 1.91. The van der Waals surface area contributed by atoms with Crippen molar-refractivity contribution in [2.24, 2.45) is 0 Å². The molecule has 1 aromatic rings. The maximum atomic E-state index is 12.2. The molecule has 0 spiro atoms. The number of urea groups is 1. The molecular weight excluding hydrogens is 340 g/mol. The van der Waals surface area contributed by atoms with Gasteiger partial charge in [-0.1, -0.05) is 28.1 Å². The Morgan fingerprint density at radius 2 is 2.10 bits per heavy atom. The predicted molar refractivity (Wildman–Crippen MR) is 79.9 cm³/mol. The van der Waals surface area contributed by atoms with E-state index in [1.807, 2.05) is 24.3 Å². The van der Waals surface area contributed by atoms with Gasteiger partial charge in [-0.15, -0.1) is 0 Å². The zero-order valence-corrected chi connectivity index (χ0v) is 13.0. The minimum Gasteiger partial charge on any atom is -0.481 e. The van der Waals surface area contributed by atoms with Gasteiger partial charge < -0.3 is 20.1 Å². The standard InChI is InChI=1S/C14H17BrN2O4/c15-11-3-1-10(2-4-11)8-16-14(20)17-5-6-21-9-12(17)7-13(18)19/h1-4,12H,5-9H2,(H,16,20)(H,18,19). The van der Waals surface area contributed by atoms with Crippen LogP contribution in [0.25, 0.3) is 0 Å². The number of halogens is 1. The fourth-order valence-electron chi connectivity index (χ4n) is 2.17. The summed E-state index contributed by atoms with van der Waals surface area (Å²) in [4.78, 5) is 24.6. The van der Waals surface area contributed by atoms with Gasteiger partial charge in [0.1, 0.15) is 0 Å². The molecular formula is C14H17BrN2O4. The molecule has 1 fully saturated rings. The summed E-state index contributed by atoms with van der Waals surface area (Å²) in [5.41, 5.74) is 0.981. The van der Waals surface area contributed by atoms with Gasteiger partial charge in [0.15, 0.2) is 0 Å². The zero-order chi connectivity index (χ0) is 15.2. The molecule has 1 saturated heterocycles. The molecule has 21 heavy (non-hydrogen) atoms. The molecule has 0 radical (unpaired) electrons. The smallest absolute Gasteiger partial charge is 0.318 e. The van der Waals surface area contributed by atoms with Crippen LogP contribution < -0.4 is 5.32 Å². The van der Waals surface area contributed by atoms with Crippen molar-refractivity contribution in [3.05, 3.63) is 34.3 Å². The second-order valence-corrected chi connectivity index (χ2v) is 5.72. The molecule has 0 aromatic heterocycles. The predicted octanol–water partition coefficient (Wildman–Crippen LogP) is 1.83. The van der Waals surface area contributed by atoms with Gasteiger partial charge in [-0.05, 0) is 17.7 Å². The fourth-order valence-corrected chi connectivity index (χ4v) is 2.44. The summed E-state index contributed by atoms with van der Waals surface area (Å²) in [7, 11) is 0. The number of amides is 2. The third-order valence-electron chi connectivity index (χ3n) is 3.26. The van der Waals surface area contributed by atoms with Crippen LogP contribution in [0.5, 0.6) is 0 Å². The van der Waals surface area contributed by atoms with Gasteiger partial charge in [0.25, 0.3) is 0 Å². The molecule has 1 heterocycles. The van der Waals surface area contributed by atoms with E-state index in [2.05, 4.69) is 21.2 Å². The number of nitrogens with one attached hydrogen (secondary N) is 1. The molecule has 0 bridgehead atoms. The molecule has 2 rings (SSSR count). The van der Waals surface area contributed by atoms with E-state index in [0.717, 1.165) is 10.0 Å². The largest absolute Gasteiger partial charge is 0.481 e.